The van der Waals surface area contributed by atoms with E-state index in [0.29, 0.717) is 6.42 Å². The van der Waals surface area contributed by atoms with Gasteiger partial charge in [0.1, 0.15) is 6.33 Å². The van der Waals surface area contributed by atoms with Gasteiger partial charge in [0.15, 0.2) is 0 Å². The molecule has 0 aliphatic heterocycles. The molecule has 5 nitrogen and oxygen atoms in total. The number of methoxy groups -OCH3 is 2. The SMILES string of the molecule is COC(Cc1ccccc1)(Nc1ccc2cncnc2c1)OC. The molecule has 3 aromatic rings. The van der Waals surface area contributed by atoms with E-state index in [2.05, 4.69) is 15.3 Å². The van der Waals surface area contributed by atoms with Crippen LogP contribution in [-0.4, -0.2) is 30.1 Å². The van der Waals surface area contributed by atoms with Gasteiger partial charge in [-0.05, 0) is 23.8 Å². The van der Waals surface area contributed by atoms with Gasteiger partial charge in [-0.25, -0.2) is 9.97 Å². The Kier molecular flexibility index (Phi) is 4.50. The van der Waals surface area contributed by atoms with Crippen LogP contribution in [0.1, 0.15) is 5.56 Å². The molecule has 0 saturated carbocycles. The van der Waals surface area contributed by atoms with Crippen molar-refractivity contribution in [3.05, 3.63) is 66.6 Å². The summed E-state index contributed by atoms with van der Waals surface area (Å²) in [6.07, 6.45) is 3.90. The predicted octanol–water partition coefficient (Wildman–Crippen LogP) is 3.23. The van der Waals surface area contributed by atoms with Crippen molar-refractivity contribution in [1.82, 2.24) is 9.97 Å². The van der Waals surface area contributed by atoms with Crippen molar-refractivity contribution in [2.75, 3.05) is 19.5 Å². The Hall–Kier alpha value is -2.50. The number of hydrogen-bond acceptors (Lipinski definition) is 5. The summed E-state index contributed by atoms with van der Waals surface area (Å²) in [5, 5.41) is 4.32. The molecule has 2 aromatic carbocycles. The van der Waals surface area contributed by atoms with Crippen molar-refractivity contribution < 1.29 is 9.47 Å². The molecule has 1 aromatic heterocycles. The van der Waals surface area contributed by atoms with Crippen LogP contribution >= 0.6 is 0 Å². The van der Waals surface area contributed by atoms with E-state index in [9.17, 15) is 0 Å². The number of fused-ring (bicyclic) bond motifs is 1. The van der Waals surface area contributed by atoms with Crippen molar-refractivity contribution in [1.29, 1.82) is 0 Å². The second-order valence-electron chi connectivity index (χ2n) is 5.24. The Morgan fingerprint density at radius 2 is 1.83 bits per heavy atom. The van der Waals surface area contributed by atoms with Crippen LogP contribution in [0.25, 0.3) is 10.9 Å². The first-order chi connectivity index (χ1) is 11.2. The second kappa shape index (κ2) is 6.73. The van der Waals surface area contributed by atoms with Gasteiger partial charge in [-0.2, -0.15) is 0 Å². The third-order valence-electron chi connectivity index (χ3n) is 3.78. The Morgan fingerprint density at radius 3 is 2.57 bits per heavy atom. The number of aromatic nitrogens is 2. The van der Waals surface area contributed by atoms with E-state index in [1.165, 1.54) is 6.33 Å². The lowest BCUT2D eigenvalue weighted by Crippen LogP contribution is -2.44. The molecule has 0 aliphatic rings. The van der Waals surface area contributed by atoms with Crippen LogP contribution in [0.2, 0.25) is 0 Å². The summed E-state index contributed by atoms with van der Waals surface area (Å²) in [4.78, 5) is 8.30. The Balaban J connectivity index is 1.88. The van der Waals surface area contributed by atoms with Crippen LogP contribution in [0, 0.1) is 0 Å². The van der Waals surface area contributed by atoms with Crippen molar-refractivity contribution >= 4 is 16.6 Å². The van der Waals surface area contributed by atoms with Gasteiger partial charge in [-0.15, -0.1) is 0 Å². The molecule has 1 heterocycles. The number of ether oxygens (including phenoxy) is 2. The van der Waals surface area contributed by atoms with Crippen LogP contribution in [0.5, 0.6) is 0 Å². The topological polar surface area (TPSA) is 56.3 Å². The highest BCUT2D eigenvalue weighted by Gasteiger charge is 2.30. The van der Waals surface area contributed by atoms with Crippen LogP contribution in [0.15, 0.2) is 61.1 Å². The minimum Gasteiger partial charge on any atom is -0.336 e. The zero-order valence-electron chi connectivity index (χ0n) is 13.2. The zero-order chi connectivity index (χ0) is 16.1. The minimum atomic E-state index is -0.942. The summed E-state index contributed by atoms with van der Waals surface area (Å²) in [5.41, 5.74) is 2.86. The summed E-state index contributed by atoms with van der Waals surface area (Å²) >= 11 is 0. The summed E-state index contributed by atoms with van der Waals surface area (Å²) in [6.45, 7) is 0. The molecule has 0 unspecified atom stereocenters. The van der Waals surface area contributed by atoms with E-state index < -0.39 is 5.91 Å². The standard InChI is InChI=1S/C18H19N3O2/c1-22-18(23-2,11-14-6-4-3-5-7-14)21-16-9-8-15-12-19-13-20-17(15)10-16/h3-10,12-13,21H,11H2,1-2H3. The Morgan fingerprint density at radius 1 is 1.04 bits per heavy atom. The fourth-order valence-corrected chi connectivity index (χ4v) is 2.51. The number of hydrogen-bond donors (Lipinski definition) is 1. The van der Waals surface area contributed by atoms with Crippen molar-refractivity contribution in [2.24, 2.45) is 0 Å². The molecule has 3 rings (SSSR count). The Bertz CT molecular complexity index is 773. The monoisotopic (exact) mass is 309 g/mol. The van der Waals surface area contributed by atoms with E-state index in [-0.39, 0.29) is 0 Å². The molecule has 0 radical (unpaired) electrons. The van der Waals surface area contributed by atoms with Crippen LogP contribution < -0.4 is 5.32 Å². The highest BCUT2D eigenvalue weighted by atomic mass is 16.7. The van der Waals surface area contributed by atoms with Crippen molar-refractivity contribution in [3.8, 4) is 0 Å². The largest absolute Gasteiger partial charge is 0.336 e. The molecule has 0 bridgehead atoms. The molecule has 0 spiro atoms. The minimum absolute atomic E-state index is 0.572. The van der Waals surface area contributed by atoms with Gasteiger partial charge >= 0.3 is 0 Å². The van der Waals surface area contributed by atoms with E-state index in [1.54, 1.807) is 20.4 Å². The first kappa shape index (κ1) is 15.4. The smallest absolute Gasteiger partial charge is 0.252 e. The van der Waals surface area contributed by atoms with Gasteiger partial charge in [0.25, 0.3) is 5.91 Å². The molecule has 5 heteroatoms. The number of anilines is 1. The van der Waals surface area contributed by atoms with E-state index in [4.69, 9.17) is 9.47 Å². The predicted molar refractivity (Wildman–Crippen MR) is 90.1 cm³/mol. The fourth-order valence-electron chi connectivity index (χ4n) is 2.51. The molecule has 0 fully saturated rings. The number of nitrogens with one attached hydrogen (secondary N) is 1. The van der Waals surface area contributed by atoms with Gasteiger partial charge in [-0.1, -0.05) is 30.3 Å². The second-order valence-corrected chi connectivity index (χ2v) is 5.24. The van der Waals surface area contributed by atoms with Crippen LogP contribution in [0.4, 0.5) is 5.69 Å². The highest BCUT2D eigenvalue weighted by molar-refractivity contribution is 5.81. The quantitative estimate of drug-likeness (QED) is 0.708. The summed E-state index contributed by atoms with van der Waals surface area (Å²) < 4.78 is 11.3. The first-order valence-electron chi connectivity index (χ1n) is 7.37. The van der Waals surface area contributed by atoms with Crippen molar-refractivity contribution in [3.63, 3.8) is 0 Å². The third kappa shape index (κ3) is 3.47. The van der Waals surface area contributed by atoms with Gasteiger partial charge < -0.3 is 14.8 Å². The first-order valence-corrected chi connectivity index (χ1v) is 7.37. The van der Waals surface area contributed by atoms with Crippen LogP contribution in [0.3, 0.4) is 0 Å². The lowest BCUT2D eigenvalue weighted by atomic mass is 10.1. The molecular weight excluding hydrogens is 290 g/mol. The molecule has 0 atom stereocenters. The molecule has 118 valence electrons. The van der Waals surface area contributed by atoms with Gasteiger partial charge in [-0.3, -0.25) is 0 Å². The average Bonchev–Trinajstić information content (AvgIpc) is 2.62. The van der Waals surface area contributed by atoms with Gasteiger partial charge in [0, 0.05) is 37.9 Å². The molecule has 1 N–H and O–H groups in total. The van der Waals surface area contributed by atoms with Gasteiger partial charge in [0.2, 0.25) is 0 Å². The lowest BCUT2D eigenvalue weighted by Gasteiger charge is -2.32. The maximum absolute atomic E-state index is 5.64. The van der Waals surface area contributed by atoms with E-state index in [1.807, 2.05) is 48.5 Å². The summed E-state index contributed by atoms with van der Waals surface area (Å²) in [7, 11) is 3.26. The summed E-state index contributed by atoms with van der Waals surface area (Å²) in [5.74, 6) is -0.942. The third-order valence-corrected chi connectivity index (χ3v) is 3.78. The molecule has 0 amide bonds. The van der Waals surface area contributed by atoms with Crippen molar-refractivity contribution in [2.45, 2.75) is 12.3 Å². The molecule has 0 saturated heterocycles. The Labute approximate surface area is 135 Å². The molecular formula is C18H19N3O2. The van der Waals surface area contributed by atoms with Crippen LogP contribution in [-0.2, 0) is 15.9 Å². The lowest BCUT2D eigenvalue weighted by molar-refractivity contribution is -0.184. The van der Waals surface area contributed by atoms with E-state index >= 15 is 0 Å². The highest BCUT2D eigenvalue weighted by Crippen LogP contribution is 2.24. The number of nitrogens with zero attached hydrogens (tertiary/aromatic N) is 2. The fraction of sp³-hybridized carbons (Fsp3) is 0.222. The van der Waals surface area contributed by atoms with Gasteiger partial charge in [0.05, 0.1) is 5.52 Å². The van der Waals surface area contributed by atoms with E-state index in [0.717, 1.165) is 22.2 Å². The summed E-state index contributed by atoms with van der Waals surface area (Å²) in [6, 6.07) is 16.0. The molecule has 23 heavy (non-hydrogen) atoms. The maximum Gasteiger partial charge on any atom is 0.252 e. The maximum atomic E-state index is 5.64. The molecule has 0 aliphatic carbocycles. The zero-order valence-corrected chi connectivity index (χ0v) is 13.2. The number of rotatable bonds is 6. The average molecular weight is 309 g/mol. The normalized spacial score (nSPS) is 11.6. The number of benzene rings is 2.